The fraction of sp³-hybridized carbons (Fsp3) is 0.375. The quantitative estimate of drug-likeness (QED) is 0.783. The molecule has 0 unspecified atom stereocenters. The first-order valence-electron chi connectivity index (χ1n) is 7.46. The van der Waals surface area contributed by atoms with E-state index >= 15 is 0 Å². The van der Waals surface area contributed by atoms with Crippen molar-refractivity contribution in [1.29, 1.82) is 0 Å². The van der Waals surface area contributed by atoms with E-state index in [2.05, 4.69) is 10.4 Å². The van der Waals surface area contributed by atoms with Crippen LogP contribution >= 0.6 is 11.6 Å². The summed E-state index contributed by atoms with van der Waals surface area (Å²) in [6.45, 7) is 1.97. The Morgan fingerprint density at radius 1 is 1.40 bits per heavy atom. The normalized spacial score (nSPS) is 11.4. The standard InChI is InChI=1S/C16H17ClF3N3O2/c1-10-13(17)14(16(18,19)20)22-23(10)8-4-7-21-15(24)11-5-3-6-12(9-11)25-2/h3,5-6,9H,4,7-8H2,1-2H3,(H,21,24). The van der Waals surface area contributed by atoms with Gasteiger partial charge in [-0.1, -0.05) is 17.7 Å². The molecule has 0 aliphatic heterocycles. The van der Waals surface area contributed by atoms with Gasteiger partial charge in [-0.25, -0.2) is 0 Å². The van der Waals surface area contributed by atoms with Gasteiger partial charge in [0.15, 0.2) is 5.69 Å². The third-order valence-corrected chi connectivity index (χ3v) is 4.02. The molecule has 0 atom stereocenters. The predicted molar refractivity (Wildman–Crippen MR) is 86.9 cm³/mol. The molecule has 136 valence electrons. The van der Waals surface area contributed by atoms with E-state index in [1.54, 1.807) is 24.3 Å². The molecule has 1 N–H and O–H groups in total. The minimum Gasteiger partial charge on any atom is -0.497 e. The first-order chi connectivity index (χ1) is 11.7. The Bertz CT molecular complexity index is 760. The number of nitrogens with zero attached hydrogens (tertiary/aromatic N) is 2. The highest BCUT2D eigenvalue weighted by Crippen LogP contribution is 2.35. The van der Waals surface area contributed by atoms with Crippen LogP contribution in [0.15, 0.2) is 24.3 Å². The Balaban J connectivity index is 1.90. The number of alkyl halides is 3. The Hall–Kier alpha value is -2.22. The summed E-state index contributed by atoms with van der Waals surface area (Å²) in [5.74, 6) is 0.277. The van der Waals surface area contributed by atoms with Gasteiger partial charge in [-0.3, -0.25) is 9.48 Å². The van der Waals surface area contributed by atoms with E-state index in [4.69, 9.17) is 16.3 Å². The van der Waals surface area contributed by atoms with Crippen LogP contribution in [0.2, 0.25) is 5.02 Å². The Labute approximate surface area is 147 Å². The summed E-state index contributed by atoms with van der Waals surface area (Å²) in [5, 5.41) is 5.81. The fourth-order valence-electron chi connectivity index (χ4n) is 2.22. The molecule has 1 amide bonds. The van der Waals surface area contributed by atoms with Crippen molar-refractivity contribution in [1.82, 2.24) is 15.1 Å². The second-order valence-corrected chi connectivity index (χ2v) is 5.69. The Kier molecular flexibility index (Phi) is 5.94. The second-order valence-electron chi connectivity index (χ2n) is 5.31. The number of ether oxygens (including phenoxy) is 1. The van der Waals surface area contributed by atoms with Gasteiger partial charge >= 0.3 is 6.18 Å². The van der Waals surface area contributed by atoms with Crippen LogP contribution in [0.25, 0.3) is 0 Å². The molecule has 25 heavy (non-hydrogen) atoms. The zero-order chi connectivity index (χ0) is 18.6. The summed E-state index contributed by atoms with van der Waals surface area (Å²) < 4.78 is 44.5. The molecular formula is C16H17ClF3N3O2. The van der Waals surface area contributed by atoms with Crippen LogP contribution in [-0.4, -0.2) is 29.3 Å². The van der Waals surface area contributed by atoms with Crippen molar-refractivity contribution in [3.63, 3.8) is 0 Å². The largest absolute Gasteiger partial charge is 0.497 e. The van der Waals surface area contributed by atoms with Gasteiger partial charge in [-0.2, -0.15) is 18.3 Å². The SMILES string of the molecule is COc1cccc(C(=O)NCCCn2nc(C(F)(F)F)c(Cl)c2C)c1. The number of hydrogen-bond acceptors (Lipinski definition) is 3. The summed E-state index contributed by atoms with van der Waals surface area (Å²) in [6, 6.07) is 6.66. The number of halogens is 4. The summed E-state index contributed by atoms with van der Waals surface area (Å²) >= 11 is 5.69. The van der Waals surface area contributed by atoms with Gasteiger partial charge in [0.25, 0.3) is 5.91 Å². The van der Waals surface area contributed by atoms with Crippen molar-refractivity contribution in [2.75, 3.05) is 13.7 Å². The van der Waals surface area contributed by atoms with E-state index < -0.39 is 16.9 Å². The molecule has 0 radical (unpaired) electrons. The average molecular weight is 376 g/mol. The maximum atomic E-state index is 12.8. The minimum absolute atomic E-state index is 0.208. The van der Waals surface area contributed by atoms with Crippen LogP contribution in [0.5, 0.6) is 5.75 Å². The average Bonchev–Trinajstić information content (AvgIpc) is 2.87. The molecule has 0 aliphatic carbocycles. The summed E-state index contributed by atoms with van der Waals surface area (Å²) in [5.41, 5.74) is -0.405. The molecule has 2 rings (SSSR count). The number of carbonyl (C=O) groups is 1. The smallest absolute Gasteiger partial charge is 0.436 e. The third-order valence-electron chi connectivity index (χ3n) is 3.57. The van der Waals surface area contributed by atoms with E-state index in [0.717, 1.165) is 0 Å². The zero-order valence-corrected chi connectivity index (χ0v) is 14.4. The molecule has 0 fully saturated rings. The first kappa shape index (κ1) is 19.1. The minimum atomic E-state index is -4.59. The van der Waals surface area contributed by atoms with Crippen molar-refractivity contribution >= 4 is 17.5 Å². The van der Waals surface area contributed by atoms with Crippen molar-refractivity contribution in [3.05, 3.63) is 46.2 Å². The first-order valence-corrected chi connectivity index (χ1v) is 7.84. The summed E-state index contributed by atoms with van der Waals surface area (Å²) in [7, 11) is 1.50. The highest BCUT2D eigenvalue weighted by Gasteiger charge is 2.38. The lowest BCUT2D eigenvalue weighted by molar-refractivity contribution is -0.141. The van der Waals surface area contributed by atoms with Crippen LogP contribution in [0.1, 0.15) is 28.2 Å². The number of benzene rings is 1. The van der Waals surface area contributed by atoms with Gasteiger partial charge in [0, 0.05) is 18.7 Å². The molecule has 0 saturated carbocycles. The van der Waals surface area contributed by atoms with Crippen LogP contribution in [0.4, 0.5) is 13.2 Å². The zero-order valence-electron chi connectivity index (χ0n) is 13.7. The fourth-order valence-corrected chi connectivity index (χ4v) is 2.46. The molecule has 1 aromatic heterocycles. The van der Waals surface area contributed by atoms with Gasteiger partial charge < -0.3 is 10.1 Å². The number of aromatic nitrogens is 2. The van der Waals surface area contributed by atoms with E-state index in [9.17, 15) is 18.0 Å². The van der Waals surface area contributed by atoms with Crippen LogP contribution < -0.4 is 10.1 Å². The van der Waals surface area contributed by atoms with Crippen molar-refractivity contribution in [2.24, 2.45) is 0 Å². The molecule has 9 heteroatoms. The molecule has 1 heterocycles. The van der Waals surface area contributed by atoms with Crippen molar-refractivity contribution in [3.8, 4) is 5.75 Å². The topological polar surface area (TPSA) is 56.1 Å². The van der Waals surface area contributed by atoms with Gasteiger partial charge in [-0.15, -0.1) is 0 Å². The lowest BCUT2D eigenvalue weighted by atomic mass is 10.2. The highest BCUT2D eigenvalue weighted by atomic mass is 35.5. The van der Waals surface area contributed by atoms with E-state index in [0.29, 0.717) is 17.7 Å². The van der Waals surface area contributed by atoms with Crippen molar-refractivity contribution in [2.45, 2.75) is 26.1 Å². The van der Waals surface area contributed by atoms with Gasteiger partial charge in [0.05, 0.1) is 17.8 Å². The third kappa shape index (κ3) is 4.66. The number of hydrogen-bond donors (Lipinski definition) is 1. The summed E-state index contributed by atoms with van der Waals surface area (Å²) in [4.78, 5) is 12.0. The Morgan fingerprint density at radius 3 is 2.72 bits per heavy atom. The number of amides is 1. The maximum Gasteiger partial charge on any atom is 0.436 e. The highest BCUT2D eigenvalue weighted by molar-refractivity contribution is 6.31. The Morgan fingerprint density at radius 2 is 2.12 bits per heavy atom. The molecule has 0 spiro atoms. The lowest BCUT2D eigenvalue weighted by Gasteiger charge is -2.08. The van der Waals surface area contributed by atoms with Crippen LogP contribution in [0.3, 0.4) is 0 Å². The molecular weight excluding hydrogens is 359 g/mol. The van der Waals surface area contributed by atoms with Crippen LogP contribution in [0, 0.1) is 6.92 Å². The maximum absolute atomic E-state index is 12.8. The van der Waals surface area contributed by atoms with Crippen LogP contribution in [-0.2, 0) is 12.7 Å². The van der Waals surface area contributed by atoms with E-state index in [-0.39, 0.29) is 24.7 Å². The molecule has 0 aliphatic rings. The molecule has 2 aromatic rings. The number of carbonyl (C=O) groups excluding carboxylic acids is 1. The van der Waals surface area contributed by atoms with E-state index in [1.165, 1.54) is 18.7 Å². The lowest BCUT2D eigenvalue weighted by Crippen LogP contribution is -2.25. The molecule has 1 aromatic carbocycles. The van der Waals surface area contributed by atoms with E-state index in [1.807, 2.05) is 0 Å². The van der Waals surface area contributed by atoms with Crippen molar-refractivity contribution < 1.29 is 22.7 Å². The monoisotopic (exact) mass is 375 g/mol. The van der Waals surface area contributed by atoms with Gasteiger partial charge in [-0.05, 0) is 31.5 Å². The number of nitrogens with one attached hydrogen (secondary N) is 1. The predicted octanol–water partition coefficient (Wildman–Crippen LogP) is 3.69. The molecule has 0 bridgehead atoms. The second kappa shape index (κ2) is 7.77. The summed E-state index contributed by atoms with van der Waals surface area (Å²) in [6.07, 6.45) is -4.18. The van der Waals surface area contributed by atoms with Gasteiger partial charge in [0.1, 0.15) is 5.75 Å². The van der Waals surface area contributed by atoms with Gasteiger partial charge in [0.2, 0.25) is 0 Å². The molecule has 0 saturated heterocycles. The number of rotatable bonds is 6. The number of methoxy groups -OCH3 is 1. The molecule has 5 nitrogen and oxygen atoms in total. The number of aryl methyl sites for hydroxylation is 1.